The van der Waals surface area contributed by atoms with Gasteiger partial charge in [-0.1, -0.05) is 19.1 Å². The maximum atomic E-state index is 12.0. The predicted molar refractivity (Wildman–Crippen MR) is 79.7 cm³/mol. The number of nitrogens with one attached hydrogen (secondary N) is 1. The van der Waals surface area contributed by atoms with Crippen molar-refractivity contribution in [2.75, 3.05) is 31.6 Å². The summed E-state index contributed by atoms with van der Waals surface area (Å²) < 4.78 is 5.32. The molecular weight excluding hydrogens is 256 g/mol. The summed E-state index contributed by atoms with van der Waals surface area (Å²) in [7, 11) is 0. The monoisotopic (exact) mass is 280 g/mol. The first-order valence-electron chi connectivity index (χ1n) is 7.04. The van der Waals surface area contributed by atoms with Crippen LogP contribution in [0.4, 0.5) is 10.5 Å². The highest BCUT2D eigenvalue weighted by Crippen LogP contribution is 2.11. The molecule has 1 aromatic rings. The van der Waals surface area contributed by atoms with Crippen molar-refractivity contribution in [2.45, 2.75) is 26.9 Å². The van der Waals surface area contributed by atoms with Gasteiger partial charge in [-0.2, -0.15) is 0 Å². The van der Waals surface area contributed by atoms with E-state index >= 15 is 0 Å². The van der Waals surface area contributed by atoms with E-state index in [1.165, 1.54) is 0 Å². The third kappa shape index (κ3) is 5.59. The minimum atomic E-state index is -0.182. The van der Waals surface area contributed by atoms with E-state index in [1.54, 1.807) is 4.90 Å². The van der Waals surface area contributed by atoms with Crippen molar-refractivity contribution in [3.05, 3.63) is 29.8 Å². The van der Waals surface area contributed by atoms with Gasteiger partial charge in [0.2, 0.25) is 0 Å². The summed E-state index contributed by atoms with van der Waals surface area (Å²) in [6.45, 7) is 6.18. The van der Waals surface area contributed by atoms with Crippen molar-refractivity contribution >= 4 is 11.7 Å². The van der Waals surface area contributed by atoms with Gasteiger partial charge in [0.15, 0.2) is 0 Å². The van der Waals surface area contributed by atoms with E-state index in [2.05, 4.69) is 5.32 Å². The van der Waals surface area contributed by atoms with Crippen LogP contribution in [0, 0.1) is 0 Å². The van der Waals surface area contributed by atoms with Gasteiger partial charge in [0.05, 0.1) is 13.2 Å². The number of anilines is 1. The minimum absolute atomic E-state index is 0.0271. The molecule has 0 radical (unpaired) electrons. The lowest BCUT2D eigenvalue weighted by molar-refractivity contribution is 0.134. The molecule has 20 heavy (non-hydrogen) atoms. The molecule has 0 saturated carbocycles. The summed E-state index contributed by atoms with van der Waals surface area (Å²) in [6, 6.07) is 7.40. The molecule has 0 unspecified atom stereocenters. The Kier molecular flexibility index (Phi) is 7.69. The Morgan fingerprint density at radius 2 is 1.95 bits per heavy atom. The molecule has 0 aliphatic carbocycles. The van der Waals surface area contributed by atoms with E-state index < -0.39 is 0 Å². The summed E-state index contributed by atoms with van der Waals surface area (Å²) in [5, 5.41) is 11.8. The van der Waals surface area contributed by atoms with Gasteiger partial charge in [0, 0.05) is 25.4 Å². The fourth-order valence-electron chi connectivity index (χ4n) is 1.81. The SMILES string of the molecule is CCCN(CCO)C(=O)Nc1ccc(COCC)cc1. The van der Waals surface area contributed by atoms with E-state index in [1.807, 2.05) is 38.1 Å². The molecule has 1 aromatic carbocycles. The van der Waals surface area contributed by atoms with Gasteiger partial charge in [0.1, 0.15) is 0 Å². The molecule has 0 atom stereocenters. The van der Waals surface area contributed by atoms with E-state index in [0.717, 1.165) is 17.7 Å². The number of benzene rings is 1. The number of urea groups is 1. The van der Waals surface area contributed by atoms with Crippen LogP contribution in [0.25, 0.3) is 0 Å². The molecule has 5 nitrogen and oxygen atoms in total. The van der Waals surface area contributed by atoms with Crippen molar-refractivity contribution in [1.29, 1.82) is 0 Å². The molecule has 0 aliphatic heterocycles. The average Bonchev–Trinajstić information content (AvgIpc) is 2.46. The van der Waals surface area contributed by atoms with Crippen LogP contribution in [0.3, 0.4) is 0 Å². The molecule has 0 fully saturated rings. The Hall–Kier alpha value is -1.59. The number of hydrogen-bond donors (Lipinski definition) is 2. The first-order chi connectivity index (χ1) is 9.71. The lowest BCUT2D eigenvalue weighted by atomic mass is 10.2. The van der Waals surface area contributed by atoms with E-state index in [-0.39, 0.29) is 12.6 Å². The zero-order valence-electron chi connectivity index (χ0n) is 12.3. The fraction of sp³-hybridized carbons (Fsp3) is 0.533. The summed E-state index contributed by atoms with van der Waals surface area (Å²) in [6.07, 6.45) is 0.862. The average molecular weight is 280 g/mol. The Bertz CT molecular complexity index is 387. The predicted octanol–water partition coefficient (Wildman–Crippen LogP) is 2.46. The maximum absolute atomic E-state index is 12.0. The highest BCUT2D eigenvalue weighted by atomic mass is 16.5. The van der Waals surface area contributed by atoms with Crippen LogP contribution in [0.5, 0.6) is 0 Å². The van der Waals surface area contributed by atoms with Crippen LogP contribution < -0.4 is 5.32 Å². The summed E-state index contributed by atoms with van der Waals surface area (Å²) in [5.74, 6) is 0. The van der Waals surface area contributed by atoms with Gasteiger partial charge in [-0.25, -0.2) is 4.79 Å². The fourth-order valence-corrected chi connectivity index (χ4v) is 1.81. The molecule has 0 aliphatic rings. The third-order valence-corrected chi connectivity index (χ3v) is 2.83. The molecule has 0 bridgehead atoms. The first-order valence-corrected chi connectivity index (χ1v) is 7.04. The smallest absolute Gasteiger partial charge is 0.321 e. The topological polar surface area (TPSA) is 61.8 Å². The molecule has 0 heterocycles. The molecule has 112 valence electrons. The molecule has 2 N–H and O–H groups in total. The van der Waals surface area contributed by atoms with Crippen LogP contribution in [0.1, 0.15) is 25.8 Å². The number of aliphatic hydroxyl groups excluding tert-OH is 1. The quantitative estimate of drug-likeness (QED) is 0.769. The van der Waals surface area contributed by atoms with Gasteiger partial charge in [-0.3, -0.25) is 0 Å². The van der Waals surface area contributed by atoms with Crippen molar-refractivity contribution in [3.63, 3.8) is 0 Å². The second-order valence-corrected chi connectivity index (χ2v) is 4.47. The second kappa shape index (κ2) is 9.34. The maximum Gasteiger partial charge on any atom is 0.321 e. The van der Waals surface area contributed by atoms with Gasteiger partial charge in [-0.05, 0) is 31.0 Å². The standard InChI is InChI=1S/C15H24N2O3/c1-3-9-17(10-11-18)15(19)16-14-7-5-13(6-8-14)12-20-4-2/h5-8,18H,3-4,9-12H2,1-2H3,(H,16,19). The summed E-state index contributed by atoms with van der Waals surface area (Å²) in [5.41, 5.74) is 1.82. The van der Waals surface area contributed by atoms with Gasteiger partial charge >= 0.3 is 6.03 Å². The Balaban J connectivity index is 2.55. The lowest BCUT2D eigenvalue weighted by Crippen LogP contribution is -2.37. The Morgan fingerprint density at radius 3 is 2.50 bits per heavy atom. The third-order valence-electron chi connectivity index (χ3n) is 2.83. The van der Waals surface area contributed by atoms with Gasteiger partial charge in [0.25, 0.3) is 0 Å². The van der Waals surface area contributed by atoms with E-state index in [9.17, 15) is 4.79 Å². The molecule has 2 amide bonds. The highest BCUT2D eigenvalue weighted by Gasteiger charge is 2.11. The van der Waals surface area contributed by atoms with Crippen LogP contribution in [0.2, 0.25) is 0 Å². The highest BCUT2D eigenvalue weighted by molar-refractivity contribution is 5.89. The number of hydrogen-bond acceptors (Lipinski definition) is 3. The van der Waals surface area contributed by atoms with Crippen LogP contribution in [-0.2, 0) is 11.3 Å². The Labute approximate surface area is 120 Å². The number of amides is 2. The number of nitrogens with zero attached hydrogens (tertiary/aromatic N) is 1. The van der Waals surface area contributed by atoms with Crippen LogP contribution in [0.15, 0.2) is 24.3 Å². The molecule has 0 spiro atoms. The number of carbonyl (C=O) groups is 1. The first kappa shape index (κ1) is 16.5. The number of ether oxygens (including phenoxy) is 1. The molecule has 0 aromatic heterocycles. The lowest BCUT2D eigenvalue weighted by Gasteiger charge is -2.21. The summed E-state index contributed by atoms with van der Waals surface area (Å²) >= 11 is 0. The van der Waals surface area contributed by atoms with Crippen molar-refractivity contribution in [1.82, 2.24) is 4.90 Å². The largest absolute Gasteiger partial charge is 0.395 e. The number of rotatable bonds is 8. The van der Waals surface area contributed by atoms with Crippen LogP contribution in [-0.4, -0.2) is 42.3 Å². The minimum Gasteiger partial charge on any atom is -0.395 e. The zero-order chi connectivity index (χ0) is 14.8. The number of carbonyl (C=O) groups excluding carboxylic acids is 1. The molecule has 5 heteroatoms. The van der Waals surface area contributed by atoms with Crippen molar-refractivity contribution in [2.24, 2.45) is 0 Å². The van der Waals surface area contributed by atoms with E-state index in [4.69, 9.17) is 9.84 Å². The molecule has 0 saturated heterocycles. The van der Waals surface area contributed by atoms with Gasteiger partial charge in [-0.15, -0.1) is 0 Å². The van der Waals surface area contributed by atoms with Crippen molar-refractivity contribution in [3.8, 4) is 0 Å². The summed E-state index contributed by atoms with van der Waals surface area (Å²) in [4.78, 5) is 13.6. The molecular formula is C15H24N2O3. The van der Waals surface area contributed by atoms with E-state index in [0.29, 0.717) is 26.3 Å². The second-order valence-electron chi connectivity index (χ2n) is 4.47. The Morgan fingerprint density at radius 1 is 1.25 bits per heavy atom. The van der Waals surface area contributed by atoms with Crippen LogP contribution >= 0.6 is 0 Å². The zero-order valence-corrected chi connectivity index (χ0v) is 12.3. The van der Waals surface area contributed by atoms with Gasteiger partial charge < -0.3 is 20.1 Å². The van der Waals surface area contributed by atoms with Crippen molar-refractivity contribution < 1.29 is 14.6 Å². The number of aliphatic hydroxyl groups is 1. The molecule has 1 rings (SSSR count). The normalized spacial score (nSPS) is 10.3.